The fourth-order valence-corrected chi connectivity index (χ4v) is 2.20. The van der Waals surface area contributed by atoms with Crippen LogP contribution in [0.5, 0.6) is 0 Å². The van der Waals surface area contributed by atoms with Gasteiger partial charge in [-0.1, -0.05) is 11.3 Å². The second-order valence-electron chi connectivity index (χ2n) is 5.30. The standard InChI is InChI=1S/C12H18N2O6S/c1-12(2,3)20-11(19)14-10-13-5-7(21-10)9(18)6(15)4-8(16)17/h5-6,9,15,18H,4H2,1-3H3,(H,16,17)(H,13,14,19). The third-order valence-electron chi connectivity index (χ3n) is 2.17. The molecular weight excluding hydrogens is 300 g/mol. The van der Waals surface area contributed by atoms with Gasteiger partial charge in [-0.3, -0.25) is 10.1 Å². The number of aliphatic hydroxyl groups is 2. The summed E-state index contributed by atoms with van der Waals surface area (Å²) in [6, 6.07) is 0. The number of carbonyl (C=O) groups is 2. The van der Waals surface area contributed by atoms with Crippen LogP contribution in [-0.4, -0.2) is 44.1 Å². The van der Waals surface area contributed by atoms with Gasteiger partial charge < -0.3 is 20.1 Å². The van der Waals surface area contributed by atoms with Crippen molar-refractivity contribution in [3.05, 3.63) is 11.1 Å². The van der Waals surface area contributed by atoms with Crippen LogP contribution in [0.25, 0.3) is 0 Å². The van der Waals surface area contributed by atoms with Crippen LogP contribution >= 0.6 is 11.3 Å². The molecule has 0 spiro atoms. The number of nitrogens with one attached hydrogen (secondary N) is 1. The van der Waals surface area contributed by atoms with Gasteiger partial charge in [-0.2, -0.15) is 0 Å². The fourth-order valence-electron chi connectivity index (χ4n) is 1.35. The minimum atomic E-state index is -1.45. The van der Waals surface area contributed by atoms with Crippen molar-refractivity contribution in [2.75, 3.05) is 5.32 Å². The highest BCUT2D eigenvalue weighted by Crippen LogP contribution is 2.27. The molecule has 2 atom stereocenters. The number of carboxylic acids is 1. The van der Waals surface area contributed by atoms with E-state index in [0.29, 0.717) is 0 Å². The molecular formula is C12H18N2O6S. The molecule has 2 unspecified atom stereocenters. The van der Waals surface area contributed by atoms with Crippen molar-refractivity contribution < 1.29 is 29.6 Å². The number of anilines is 1. The fraction of sp³-hybridized carbons (Fsp3) is 0.583. The molecule has 118 valence electrons. The number of nitrogens with zero attached hydrogens (tertiary/aromatic N) is 1. The molecule has 8 nitrogen and oxygen atoms in total. The zero-order chi connectivity index (χ0) is 16.2. The smallest absolute Gasteiger partial charge is 0.413 e. The largest absolute Gasteiger partial charge is 0.481 e. The molecule has 9 heteroatoms. The Kier molecular flexibility index (Phi) is 5.64. The summed E-state index contributed by atoms with van der Waals surface area (Å²) in [4.78, 5) is 26.1. The Morgan fingerprint density at radius 1 is 1.43 bits per heavy atom. The molecule has 1 aromatic rings. The quantitative estimate of drug-likeness (QED) is 0.645. The van der Waals surface area contributed by atoms with E-state index in [-0.39, 0.29) is 10.0 Å². The lowest BCUT2D eigenvalue weighted by Crippen LogP contribution is -2.27. The Morgan fingerprint density at radius 3 is 2.57 bits per heavy atom. The van der Waals surface area contributed by atoms with Crippen molar-refractivity contribution >= 4 is 28.5 Å². The van der Waals surface area contributed by atoms with E-state index in [1.807, 2.05) is 0 Å². The van der Waals surface area contributed by atoms with Crippen LogP contribution in [0.15, 0.2) is 6.20 Å². The van der Waals surface area contributed by atoms with E-state index in [0.717, 1.165) is 11.3 Å². The van der Waals surface area contributed by atoms with Crippen LogP contribution in [0.4, 0.5) is 9.93 Å². The van der Waals surface area contributed by atoms with Crippen molar-refractivity contribution in [1.29, 1.82) is 0 Å². The Morgan fingerprint density at radius 2 is 2.05 bits per heavy atom. The second kappa shape index (κ2) is 6.83. The number of carbonyl (C=O) groups excluding carboxylic acids is 1. The van der Waals surface area contributed by atoms with Gasteiger partial charge in [0.05, 0.1) is 17.4 Å². The van der Waals surface area contributed by atoms with Crippen molar-refractivity contribution in [3.63, 3.8) is 0 Å². The maximum Gasteiger partial charge on any atom is 0.413 e. The molecule has 0 saturated carbocycles. The number of carboxylic acid groups (broad SMARTS) is 1. The number of thiazole rings is 1. The summed E-state index contributed by atoms with van der Waals surface area (Å²) in [5.41, 5.74) is -0.651. The molecule has 1 heterocycles. The normalized spacial score (nSPS) is 14.3. The first-order valence-corrected chi connectivity index (χ1v) is 6.94. The Bertz CT molecular complexity index is 510. The average Bonchev–Trinajstić information content (AvgIpc) is 2.72. The monoisotopic (exact) mass is 318 g/mol. The van der Waals surface area contributed by atoms with Crippen LogP contribution in [0.1, 0.15) is 38.2 Å². The minimum Gasteiger partial charge on any atom is -0.481 e. The van der Waals surface area contributed by atoms with Crippen molar-refractivity contribution in [2.45, 2.75) is 45.0 Å². The van der Waals surface area contributed by atoms with Gasteiger partial charge >= 0.3 is 12.1 Å². The van der Waals surface area contributed by atoms with Crippen molar-refractivity contribution in [1.82, 2.24) is 4.98 Å². The Hall–Kier alpha value is -1.71. The molecule has 0 aliphatic rings. The summed E-state index contributed by atoms with van der Waals surface area (Å²) in [7, 11) is 0. The van der Waals surface area contributed by atoms with Crippen LogP contribution in [-0.2, 0) is 9.53 Å². The van der Waals surface area contributed by atoms with Gasteiger partial charge in [0, 0.05) is 6.20 Å². The summed E-state index contributed by atoms with van der Waals surface area (Å²) in [5.74, 6) is -1.22. The van der Waals surface area contributed by atoms with Crippen LogP contribution in [0.3, 0.4) is 0 Å². The summed E-state index contributed by atoms with van der Waals surface area (Å²) in [5, 5.41) is 30.4. The summed E-state index contributed by atoms with van der Waals surface area (Å²) in [6.07, 6.45) is -2.85. The van der Waals surface area contributed by atoms with Crippen molar-refractivity contribution in [3.8, 4) is 0 Å². The number of amides is 1. The number of aromatic nitrogens is 1. The SMILES string of the molecule is CC(C)(C)OC(=O)Nc1ncc(C(O)C(O)CC(=O)O)s1. The molecule has 0 aliphatic carbocycles. The highest BCUT2D eigenvalue weighted by Gasteiger charge is 2.24. The number of rotatable bonds is 5. The van der Waals surface area contributed by atoms with Gasteiger partial charge in [0.25, 0.3) is 0 Å². The van der Waals surface area contributed by atoms with E-state index >= 15 is 0 Å². The topological polar surface area (TPSA) is 129 Å². The zero-order valence-electron chi connectivity index (χ0n) is 11.9. The van der Waals surface area contributed by atoms with Crippen LogP contribution in [0, 0.1) is 0 Å². The average molecular weight is 318 g/mol. The number of hydrogen-bond acceptors (Lipinski definition) is 7. The predicted molar refractivity (Wildman–Crippen MR) is 75.2 cm³/mol. The van der Waals surface area contributed by atoms with Gasteiger partial charge in [-0.05, 0) is 20.8 Å². The van der Waals surface area contributed by atoms with Gasteiger partial charge in [-0.25, -0.2) is 9.78 Å². The van der Waals surface area contributed by atoms with E-state index in [2.05, 4.69) is 10.3 Å². The van der Waals surface area contributed by atoms with Crippen molar-refractivity contribution in [2.24, 2.45) is 0 Å². The van der Waals surface area contributed by atoms with Gasteiger partial charge in [0.15, 0.2) is 5.13 Å². The Labute approximate surface area is 125 Å². The molecule has 0 bridgehead atoms. The lowest BCUT2D eigenvalue weighted by atomic mass is 10.1. The van der Waals surface area contributed by atoms with Crippen LogP contribution < -0.4 is 5.32 Å². The number of aliphatic carboxylic acids is 1. The number of ether oxygens (including phenoxy) is 1. The first kappa shape index (κ1) is 17.3. The summed E-state index contributed by atoms with van der Waals surface area (Å²) < 4.78 is 5.04. The van der Waals surface area contributed by atoms with E-state index < -0.39 is 36.3 Å². The Balaban J connectivity index is 2.64. The molecule has 4 N–H and O–H groups in total. The van der Waals surface area contributed by atoms with E-state index in [1.54, 1.807) is 20.8 Å². The van der Waals surface area contributed by atoms with Crippen LogP contribution in [0.2, 0.25) is 0 Å². The number of hydrogen-bond donors (Lipinski definition) is 4. The van der Waals surface area contributed by atoms with Gasteiger partial charge in [0.1, 0.15) is 11.7 Å². The third-order valence-corrected chi connectivity index (χ3v) is 3.15. The zero-order valence-corrected chi connectivity index (χ0v) is 12.7. The maximum atomic E-state index is 11.5. The molecule has 0 radical (unpaired) electrons. The van der Waals surface area contributed by atoms with E-state index in [9.17, 15) is 19.8 Å². The minimum absolute atomic E-state index is 0.181. The second-order valence-corrected chi connectivity index (χ2v) is 6.37. The summed E-state index contributed by atoms with van der Waals surface area (Å²) >= 11 is 0.925. The highest BCUT2D eigenvalue weighted by atomic mass is 32.1. The molecule has 1 aromatic heterocycles. The molecule has 0 aliphatic heterocycles. The van der Waals surface area contributed by atoms with E-state index in [4.69, 9.17) is 9.84 Å². The lowest BCUT2D eigenvalue weighted by Gasteiger charge is -2.18. The molecule has 0 aromatic carbocycles. The number of aliphatic hydroxyl groups excluding tert-OH is 2. The molecule has 0 fully saturated rings. The van der Waals surface area contributed by atoms with Gasteiger partial charge in [-0.15, -0.1) is 0 Å². The molecule has 1 amide bonds. The molecule has 1 rings (SSSR count). The van der Waals surface area contributed by atoms with E-state index in [1.165, 1.54) is 6.20 Å². The first-order chi connectivity index (χ1) is 9.58. The lowest BCUT2D eigenvalue weighted by molar-refractivity contribution is -0.141. The maximum absolute atomic E-state index is 11.5. The first-order valence-electron chi connectivity index (χ1n) is 6.12. The third kappa shape index (κ3) is 6.06. The predicted octanol–water partition coefficient (Wildman–Crippen LogP) is 1.36. The molecule has 0 saturated heterocycles. The highest BCUT2D eigenvalue weighted by molar-refractivity contribution is 7.15. The summed E-state index contributed by atoms with van der Waals surface area (Å²) in [6.45, 7) is 5.14. The van der Waals surface area contributed by atoms with Gasteiger partial charge in [0.2, 0.25) is 0 Å². The molecule has 21 heavy (non-hydrogen) atoms.